The number of pyridine rings is 1. The van der Waals surface area contributed by atoms with Gasteiger partial charge in [0.15, 0.2) is 5.43 Å². The number of fused-ring (bicyclic) bond motifs is 2. The lowest BCUT2D eigenvalue weighted by Gasteiger charge is -2.02. The molecule has 3 rings (SSSR count). The number of anilines is 2. The first-order valence-corrected chi connectivity index (χ1v) is 7.83. The average molecular weight is 299 g/mol. The fourth-order valence-electron chi connectivity index (χ4n) is 2.25. The normalized spacial score (nSPS) is 12.4. The Balaban J connectivity index is 2.40. The van der Waals surface area contributed by atoms with E-state index in [9.17, 15) is 9.00 Å². The van der Waals surface area contributed by atoms with Crippen molar-refractivity contribution >= 4 is 44.0 Å². The van der Waals surface area contributed by atoms with Gasteiger partial charge < -0.3 is 10.5 Å². The largest absolute Gasteiger partial charge is 0.397 e. The number of nitrogens with two attached hydrogens (primary N) is 1. The van der Waals surface area contributed by atoms with Crippen molar-refractivity contribution in [1.82, 2.24) is 4.98 Å². The lowest BCUT2D eigenvalue weighted by Crippen LogP contribution is -2.03. The molecule has 3 aromatic rings. The molecule has 3 N–H and O–H groups in total. The molecule has 0 aliphatic carbocycles. The molecule has 2 aromatic carbocycles. The van der Waals surface area contributed by atoms with Crippen molar-refractivity contribution in [1.29, 1.82) is 0 Å². The average Bonchev–Trinajstić information content (AvgIpc) is 2.57. The molecule has 1 unspecified atom stereocenters. The number of nitrogens with zero attached hydrogens (tertiary/aromatic N) is 1. The summed E-state index contributed by atoms with van der Waals surface area (Å²) in [5.41, 5.74) is 7.26. The summed E-state index contributed by atoms with van der Waals surface area (Å²) in [6, 6.07) is 10.6. The van der Waals surface area contributed by atoms with E-state index in [1.165, 1.54) is 12.5 Å². The first-order chi connectivity index (χ1) is 10.0. The van der Waals surface area contributed by atoms with E-state index >= 15 is 0 Å². The maximum atomic E-state index is 12.7. The fraction of sp³-hybridized carbons (Fsp3) is 0.0667. The van der Waals surface area contributed by atoms with Crippen molar-refractivity contribution in [2.45, 2.75) is 0 Å². The molecule has 0 aliphatic heterocycles. The number of nitrogens with one attached hydrogen (secondary N) is 1. The highest BCUT2D eigenvalue weighted by Gasteiger charge is 2.05. The van der Waals surface area contributed by atoms with Crippen LogP contribution in [0.2, 0.25) is 0 Å². The fourth-order valence-corrected chi connectivity index (χ4v) is 2.71. The van der Waals surface area contributed by atoms with Crippen LogP contribution in [0.1, 0.15) is 0 Å². The molecule has 5 nitrogen and oxygen atoms in total. The molecule has 1 atom stereocenters. The summed E-state index contributed by atoms with van der Waals surface area (Å²) in [6.45, 7) is 0. The highest BCUT2D eigenvalue weighted by atomic mass is 32.2. The van der Waals surface area contributed by atoms with E-state index in [0.717, 1.165) is 5.39 Å². The van der Waals surface area contributed by atoms with Crippen LogP contribution in [0, 0.1) is 0 Å². The van der Waals surface area contributed by atoms with Gasteiger partial charge in [-0.25, -0.2) is 4.21 Å². The Labute approximate surface area is 123 Å². The minimum absolute atomic E-state index is 0.143. The molecule has 21 heavy (non-hydrogen) atoms. The molecule has 0 amide bonds. The molecular formula is C15H13N3O2S. The minimum Gasteiger partial charge on any atom is -0.397 e. The van der Waals surface area contributed by atoms with E-state index in [1.54, 1.807) is 24.3 Å². The van der Waals surface area contributed by atoms with Crippen molar-refractivity contribution in [3.05, 3.63) is 52.8 Å². The summed E-state index contributed by atoms with van der Waals surface area (Å²) in [5, 5.41) is 1.80. The van der Waals surface area contributed by atoms with Crippen LogP contribution in [-0.4, -0.2) is 15.4 Å². The van der Waals surface area contributed by atoms with E-state index in [2.05, 4.69) is 9.71 Å². The Bertz CT molecular complexity index is 941. The van der Waals surface area contributed by atoms with Gasteiger partial charge >= 0.3 is 0 Å². The van der Waals surface area contributed by atoms with E-state index in [-0.39, 0.29) is 5.43 Å². The lowest BCUT2D eigenvalue weighted by molar-refractivity contribution is 0.690. The number of hydrogen-bond acceptors (Lipinski definition) is 4. The number of aromatic nitrogens is 1. The molecule has 0 radical (unpaired) electrons. The molecule has 106 valence electrons. The third kappa shape index (κ3) is 2.57. The van der Waals surface area contributed by atoms with E-state index in [0.29, 0.717) is 27.7 Å². The number of nitrogen functional groups attached to an aromatic ring is 1. The summed E-state index contributed by atoms with van der Waals surface area (Å²) in [4.78, 5) is 16.9. The number of benzene rings is 1. The third-order valence-electron chi connectivity index (χ3n) is 3.16. The summed E-state index contributed by atoms with van der Waals surface area (Å²) >= 11 is 0. The maximum absolute atomic E-state index is 12.7. The molecular weight excluding hydrogens is 286 g/mol. The smallest absolute Gasteiger partial charge is 0.195 e. The summed E-state index contributed by atoms with van der Waals surface area (Å²) in [7, 11) is -1.19. The Morgan fingerprint density at radius 3 is 2.67 bits per heavy atom. The van der Waals surface area contributed by atoms with Gasteiger partial charge in [-0.05, 0) is 29.7 Å². The zero-order valence-electron chi connectivity index (χ0n) is 11.3. The van der Waals surface area contributed by atoms with Crippen molar-refractivity contribution < 1.29 is 4.21 Å². The molecule has 0 bridgehead atoms. The second kappa shape index (κ2) is 5.14. The van der Waals surface area contributed by atoms with Gasteiger partial charge in [0.1, 0.15) is 11.0 Å². The van der Waals surface area contributed by atoms with Gasteiger partial charge in [0, 0.05) is 17.3 Å². The molecule has 6 heteroatoms. The monoisotopic (exact) mass is 299 g/mol. The van der Waals surface area contributed by atoms with Gasteiger partial charge in [-0.2, -0.15) is 0 Å². The maximum Gasteiger partial charge on any atom is 0.195 e. The van der Waals surface area contributed by atoms with Crippen LogP contribution in [-0.2, 0) is 11.0 Å². The Morgan fingerprint density at radius 2 is 1.90 bits per heavy atom. The standard InChI is InChI=1S/C15H13N3O2S/c1-21(20)18-11-4-2-9-3-5-14-13(6-10(16)8-17-14)15(19)12(9)7-11/h2-8,18H,16H2,1H3. The van der Waals surface area contributed by atoms with Crippen LogP contribution in [0.3, 0.4) is 0 Å². The Hall–Kier alpha value is -2.47. The Kier molecular flexibility index (Phi) is 3.31. The van der Waals surface area contributed by atoms with Crippen molar-refractivity contribution in [2.24, 2.45) is 0 Å². The minimum atomic E-state index is -1.19. The van der Waals surface area contributed by atoms with Crippen molar-refractivity contribution in [3.8, 4) is 0 Å². The predicted octanol–water partition coefficient (Wildman–Crippen LogP) is 2.04. The summed E-state index contributed by atoms with van der Waals surface area (Å²) in [5.74, 6) is 0. The first kappa shape index (κ1) is 13.5. The van der Waals surface area contributed by atoms with Crippen LogP contribution in [0.4, 0.5) is 11.4 Å². The van der Waals surface area contributed by atoms with Crippen LogP contribution in [0.25, 0.3) is 21.7 Å². The van der Waals surface area contributed by atoms with Gasteiger partial charge in [0.2, 0.25) is 0 Å². The van der Waals surface area contributed by atoms with E-state index < -0.39 is 11.0 Å². The van der Waals surface area contributed by atoms with E-state index in [1.807, 2.05) is 12.1 Å². The molecule has 0 aliphatic rings. The van der Waals surface area contributed by atoms with Gasteiger partial charge in [0.05, 0.1) is 22.8 Å². The molecule has 0 saturated heterocycles. The van der Waals surface area contributed by atoms with Gasteiger partial charge in [-0.15, -0.1) is 0 Å². The Morgan fingerprint density at radius 1 is 1.14 bits per heavy atom. The highest BCUT2D eigenvalue weighted by molar-refractivity contribution is 7.85. The number of rotatable bonds is 2. The topological polar surface area (TPSA) is 85.1 Å². The van der Waals surface area contributed by atoms with Gasteiger partial charge in [0.25, 0.3) is 0 Å². The first-order valence-electron chi connectivity index (χ1n) is 6.27. The van der Waals surface area contributed by atoms with Crippen LogP contribution >= 0.6 is 0 Å². The zero-order chi connectivity index (χ0) is 15.0. The zero-order valence-corrected chi connectivity index (χ0v) is 12.1. The van der Waals surface area contributed by atoms with Gasteiger partial charge in [-0.1, -0.05) is 12.1 Å². The summed E-state index contributed by atoms with van der Waals surface area (Å²) < 4.78 is 14.0. The van der Waals surface area contributed by atoms with Crippen LogP contribution < -0.4 is 15.9 Å². The quantitative estimate of drug-likeness (QED) is 0.758. The van der Waals surface area contributed by atoms with Crippen LogP contribution in [0.5, 0.6) is 0 Å². The van der Waals surface area contributed by atoms with Crippen LogP contribution in [0.15, 0.2) is 47.4 Å². The van der Waals surface area contributed by atoms with Gasteiger partial charge in [-0.3, -0.25) is 9.78 Å². The SMILES string of the molecule is CS(=O)Nc1ccc2ccc3ncc(N)cc3c(=O)c2c1. The predicted molar refractivity (Wildman–Crippen MR) is 87.6 cm³/mol. The van der Waals surface area contributed by atoms with Crippen molar-refractivity contribution in [3.63, 3.8) is 0 Å². The van der Waals surface area contributed by atoms with Crippen molar-refractivity contribution in [2.75, 3.05) is 16.7 Å². The molecule has 1 heterocycles. The second-order valence-electron chi connectivity index (χ2n) is 4.72. The molecule has 0 spiro atoms. The second-order valence-corrected chi connectivity index (χ2v) is 5.83. The molecule has 0 fully saturated rings. The third-order valence-corrected chi connectivity index (χ3v) is 3.69. The highest BCUT2D eigenvalue weighted by Crippen LogP contribution is 2.19. The molecule has 0 saturated carbocycles. The lowest BCUT2D eigenvalue weighted by atomic mass is 10.1. The number of hydrogen-bond donors (Lipinski definition) is 2. The molecule has 1 aromatic heterocycles. The van der Waals surface area contributed by atoms with E-state index in [4.69, 9.17) is 5.73 Å². The summed E-state index contributed by atoms with van der Waals surface area (Å²) in [6.07, 6.45) is 3.06.